The SMILES string of the molecule is COc1ccc(C(C=O)C(C)C)cc1F. The third-order valence-corrected chi connectivity index (χ3v) is 2.43. The maximum atomic E-state index is 13.4. The highest BCUT2D eigenvalue weighted by Gasteiger charge is 2.16. The van der Waals surface area contributed by atoms with Crippen LogP contribution in [0.1, 0.15) is 25.3 Å². The molecule has 1 aromatic carbocycles. The zero-order chi connectivity index (χ0) is 11.4. The summed E-state index contributed by atoms with van der Waals surface area (Å²) < 4.78 is 18.2. The van der Waals surface area contributed by atoms with Gasteiger partial charge in [-0.05, 0) is 23.6 Å². The molecule has 0 saturated heterocycles. The van der Waals surface area contributed by atoms with Crippen LogP contribution in [0.4, 0.5) is 4.39 Å². The van der Waals surface area contributed by atoms with Gasteiger partial charge in [-0.2, -0.15) is 0 Å². The van der Waals surface area contributed by atoms with Crippen LogP contribution in [0, 0.1) is 11.7 Å². The van der Waals surface area contributed by atoms with Crippen LogP contribution in [0.25, 0.3) is 0 Å². The zero-order valence-electron chi connectivity index (χ0n) is 9.16. The Morgan fingerprint density at radius 2 is 2.07 bits per heavy atom. The summed E-state index contributed by atoms with van der Waals surface area (Å²) in [5.74, 6) is -0.324. The van der Waals surface area contributed by atoms with E-state index in [-0.39, 0.29) is 17.6 Å². The van der Waals surface area contributed by atoms with Crippen molar-refractivity contribution in [3.05, 3.63) is 29.6 Å². The normalized spacial score (nSPS) is 12.6. The minimum atomic E-state index is -0.428. The second-order valence-corrected chi connectivity index (χ2v) is 3.80. The lowest BCUT2D eigenvalue weighted by molar-refractivity contribution is -0.109. The maximum absolute atomic E-state index is 13.4. The van der Waals surface area contributed by atoms with Crippen LogP contribution in [-0.4, -0.2) is 13.4 Å². The molecular weight excluding hydrogens is 195 g/mol. The third-order valence-electron chi connectivity index (χ3n) is 2.43. The number of halogens is 1. The standard InChI is InChI=1S/C12H15FO2/c1-8(2)10(7-14)9-4-5-12(15-3)11(13)6-9/h4-8,10H,1-3H3. The van der Waals surface area contributed by atoms with Gasteiger partial charge in [0.1, 0.15) is 6.29 Å². The van der Waals surface area contributed by atoms with Crippen molar-refractivity contribution >= 4 is 6.29 Å². The van der Waals surface area contributed by atoms with Crippen molar-refractivity contribution in [2.75, 3.05) is 7.11 Å². The van der Waals surface area contributed by atoms with Crippen LogP contribution in [0.3, 0.4) is 0 Å². The summed E-state index contributed by atoms with van der Waals surface area (Å²) in [7, 11) is 1.41. The van der Waals surface area contributed by atoms with Crippen LogP contribution in [0.15, 0.2) is 18.2 Å². The first-order valence-corrected chi connectivity index (χ1v) is 4.89. The van der Waals surface area contributed by atoms with Crippen molar-refractivity contribution in [3.8, 4) is 5.75 Å². The molecule has 0 bridgehead atoms. The molecule has 0 fully saturated rings. The third kappa shape index (κ3) is 2.55. The molecule has 1 atom stereocenters. The van der Waals surface area contributed by atoms with Crippen molar-refractivity contribution in [2.45, 2.75) is 19.8 Å². The van der Waals surface area contributed by atoms with Gasteiger partial charge in [-0.15, -0.1) is 0 Å². The number of hydrogen-bond acceptors (Lipinski definition) is 2. The predicted octanol–water partition coefficient (Wildman–Crippen LogP) is 2.77. The van der Waals surface area contributed by atoms with E-state index in [2.05, 4.69) is 0 Å². The van der Waals surface area contributed by atoms with Gasteiger partial charge in [0, 0.05) is 5.92 Å². The van der Waals surface area contributed by atoms with E-state index < -0.39 is 5.82 Å². The fourth-order valence-corrected chi connectivity index (χ4v) is 1.51. The minimum absolute atomic E-state index is 0.162. The Bertz CT molecular complexity index is 347. The topological polar surface area (TPSA) is 26.3 Å². The molecule has 0 saturated carbocycles. The maximum Gasteiger partial charge on any atom is 0.165 e. The van der Waals surface area contributed by atoms with Gasteiger partial charge in [0.25, 0.3) is 0 Å². The number of rotatable bonds is 4. The molecule has 0 aliphatic rings. The van der Waals surface area contributed by atoms with Gasteiger partial charge in [-0.25, -0.2) is 4.39 Å². The Morgan fingerprint density at radius 3 is 2.47 bits per heavy atom. The van der Waals surface area contributed by atoms with Crippen molar-refractivity contribution in [3.63, 3.8) is 0 Å². The fraction of sp³-hybridized carbons (Fsp3) is 0.417. The molecule has 1 aromatic rings. The molecule has 1 unspecified atom stereocenters. The Labute approximate surface area is 89.1 Å². The van der Waals surface area contributed by atoms with E-state index in [9.17, 15) is 9.18 Å². The highest BCUT2D eigenvalue weighted by Crippen LogP contribution is 2.26. The van der Waals surface area contributed by atoms with Gasteiger partial charge < -0.3 is 9.53 Å². The van der Waals surface area contributed by atoms with Gasteiger partial charge in [0.15, 0.2) is 11.6 Å². The van der Waals surface area contributed by atoms with E-state index in [1.807, 2.05) is 13.8 Å². The summed E-state index contributed by atoms with van der Waals surface area (Å²) >= 11 is 0. The van der Waals surface area contributed by atoms with Crippen LogP contribution in [0.2, 0.25) is 0 Å². The summed E-state index contributed by atoms with van der Waals surface area (Å²) in [4.78, 5) is 10.9. The van der Waals surface area contributed by atoms with Gasteiger partial charge in [0.05, 0.1) is 7.11 Å². The number of carbonyl (C=O) groups excluding carboxylic acids is 1. The largest absolute Gasteiger partial charge is 0.494 e. The molecular formula is C12H15FO2. The van der Waals surface area contributed by atoms with Crippen LogP contribution in [-0.2, 0) is 4.79 Å². The Balaban J connectivity index is 3.05. The molecule has 0 radical (unpaired) electrons. The summed E-state index contributed by atoms with van der Waals surface area (Å²) in [6, 6.07) is 4.63. The van der Waals surface area contributed by atoms with Crippen molar-refractivity contribution < 1.29 is 13.9 Å². The molecule has 3 heteroatoms. The molecule has 0 aliphatic heterocycles. The van der Waals surface area contributed by atoms with Gasteiger partial charge >= 0.3 is 0 Å². The molecule has 1 rings (SSSR count). The molecule has 0 spiro atoms. The number of aldehydes is 1. The number of hydrogen-bond donors (Lipinski definition) is 0. The molecule has 2 nitrogen and oxygen atoms in total. The van der Waals surface area contributed by atoms with Crippen molar-refractivity contribution in [1.29, 1.82) is 0 Å². The van der Waals surface area contributed by atoms with Crippen LogP contribution in [0.5, 0.6) is 5.75 Å². The van der Waals surface area contributed by atoms with Crippen molar-refractivity contribution in [1.82, 2.24) is 0 Å². The molecule has 0 heterocycles. The van der Waals surface area contributed by atoms with E-state index in [0.29, 0.717) is 5.56 Å². The first-order valence-electron chi connectivity index (χ1n) is 4.89. The van der Waals surface area contributed by atoms with E-state index >= 15 is 0 Å². The lowest BCUT2D eigenvalue weighted by Crippen LogP contribution is -2.08. The molecule has 15 heavy (non-hydrogen) atoms. The summed E-state index contributed by atoms with van der Waals surface area (Å²) in [5, 5.41) is 0. The van der Waals surface area contributed by atoms with E-state index in [1.54, 1.807) is 12.1 Å². The number of ether oxygens (including phenoxy) is 1. The Hall–Kier alpha value is -1.38. The number of benzene rings is 1. The average Bonchev–Trinajstić information content (AvgIpc) is 2.18. The quantitative estimate of drug-likeness (QED) is 0.714. The average molecular weight is 210 g/mol. The monoisotopic (exact) mass is 210 g/mol. The van der Waals surface area contributed by atoms with Crippen LogP contribution < -0.4 is 4.74 Å². The first kappa shape index (κ1) is 11.7. The Morgan fingerprint density at radius 1 is 1.40 bits per heavy atom. The highest BCUT2D eigenvalue weighted by atomic mass is 19.1. The lowest BCUT2D eigenvalue weighted by atomic mass is 9.90. The summed E-state index contributed by atoms with van der Waals surface area (Å²) in [6.45, 7) is 3.86. The molecule has 82 valence electrons. The second kappa shape index (κ2) is 4.91. The molecule has 0 N–H and O–H groups in total. The highest BCUT2D eigenvalue weighted by molar-refractivity contribution is 5.62. The number of methoxy groups -OCH3 is 1. The van der Waals surface area contributed by atoms with E-state index in [0.717, 1.165) is 6.29 Å². The minimum Gasteiger partial charge on any atom is -0.494 e. The van der Waals surface area contributed by atoms with Crippen molar-refractivity contribution in [2.24, 2.45) is 5.92 Å². The summed E-state index contributed by atoms with van der Waals surface area (Å²) in [5.41, 5.74) is 0.693. The van der Waals surface area contributed by atoms with Gasteiger partial charge in [-0.1, -0.05) is 19.9 Å². The fourth-order valence-electron chi connectivity index (χ4n) is 1.51. The van der Waals surface area contributed by atoms with Gasteiger partial charge in [0.2, 0.25) is 0 Å². The van der Waals surface area contributed by atoms with Gasteiger partial charge in [-0.3, -0.25) is 0 Å². The second-order valence-electron chi connectivity index (χ2n) is 3.80. The lowest BCUT2D eigenvalue weighted by Gasteiger charge is -2.15. The van der Waals surface area contributed by atoms with E-state index in [1.165, 1.54) is 13.2 Å². The molecule has 0 amide bonds. The van der Waals surface area contributed by atoms with Crippen LogP contribution >= 0.6 is 0 Å². The number of carbonyl (C=O) groups is 1. The van der Waals surface area contributed by atoms with E-state index in [4.69, 9.17) is 4.74 Å². The Kier molecular flexibility index (Phi) is 3.83. The first-order chi connectivity index (χ1) is 7.10. The molecule has 0 aliphatic carbocycles. The zero-order valence-corrected chi connectivity index (χ0v) is 9.16. The predicted molar refractivity (Wildman–Crippen MR) is 56.6 cm³/mol. The smallest absolute Gasteiger partial charge is 0.165 e. The molecule has 0 aromatic heterocycles. The summed E-state index contributed by atoms with van der Waals surface area (Å²) in [6.07, 6.45) is 0.853.